The van der Waals surface area contributed by atoms with E-state index in [1.54, 1.807) is 6.33 Å². The molecule has 8 nitrogen and oxygen atoms in total. The van der Waals surface area contributed by atoms with Crippen LogP contribution in [0.25, 0.3) is 11.0 Å². The lowest BCUT2D eigenvalue weighted by atomic mass is 10.0. The number of hydrogen-bond donors (Lipinski definition) is 2. The first-order valence-corrected chi connectivity index (χ1v) is 6.90. The number of benzene rings is 1. The number of nitrogens with zero attached hydrogens (tertiary/aromatic N) is 4. The van der Waals surface area contributed by atoms with Crippen LogP contribution >= 0.6 is 0 Å². The lowest BCUT2D eigenvalue weighted by Crippen LogP contribution is -2.45. The number of rotatable bonds is 3. The van der Waals surface area contributed by atoms with E-state index in [1.165, 1.54) is 0 Å². The number of aliphatic carboxylic acids is 1. The average Bonchev–Trinajstić information content (AvgIpc) is 3.14. The monoisotopic (exact) mass is 299 g/mol. The van der Waals surface area contributed by atoms with Crippen LogP contribution in [0.5, 0.6) is 0 Å². The van der Waals surface area contributed by atoms with Gasteiger partial charge in [0, 0.05) is 19.5 Å². The number of carboxylic acids is 1. The van der Waals surface area contributed by atoms with E-state index >= 15 is 0 Å². The van der Waals surface area contributed by atoms with Crippen LogP contribution in [-0.2, 0) is 24.3 Å². The molecule has 8 heteroatoms. The van der Waals surface area contributed by atoms with Crippen LogP contribution in [-0.4, -0.2) is 42.3 Å². The number of carboxylic acid groups (broad SMARTS) is 1. The van der Waals surface area contributed by atoms with Gasteiger partial charge in [0.05, 0.1) is 17.7 Å². The summed E-state index contributed by atoms with van der Waals surface area (Å²) >= 11 is 0. The number of nitrogens with one attached hydrogen (secondary N) is 1. The highest BCUT2D eigenvalue weighted by atomic mass is 16.6. The summed E-state index contributed by atoms with van der Waals surface area (Å²) in [6.07, 6.45) is 2.00. The molecule has 4 rings (SSSR count). The second-order valence-corrected chi connectivity index (χ2v) is 5.34. The molecular weight excluding hydrogens is 286 g/mol. The molecule has 3 heterocycles. The van der Waals surface area contributed by atoms with E-state index in [4.69, 9.17) is 4.63 Å². The predicted molar refractivity (Wildman–Crippen MR) is 74.8 cm³/mol. The number of fused-ring (bicyclic) bond motifs is 2. The second kappa shape index (κ2) is 4.92. The normalized spacial score (nSPS) is 18.5. The average molecular weight is 299 g/mol. The number of aromatic nitrogens is 4. The van der Waals surface area contributed by atoms with Crippen molar-refractivity contribution in [2.45, 2.75) is 25.6 Å². The van der Waals surface area contributed by atoms with Crippen molar-refractivity contribution in [1.29, 1.82) is 0 Å². The van der Waals surface area contributed by atoms with Gasteiger partial charge < -0.3 is 10.1 Å². The molecule has 112 valence electrons. The Morgan fingerprint density at radius 2 is 2.36 bits per heavy atom. The molecule has 0 unspecified atom stereocenters. The van der Waals surface area contributed by atoms with Crippen LogP contribution in [0, 0.1) is 0 Å². The lowest BCUT2D eigenvalue weighted by molar-refractivity contribution is -0.144. The number of hydrogen-bond acceptors (Lipinski definition) is 6. The van der Waals surface area contributed by atoms with E-state index in [2.05, 4.69) is 20.3 Å². The van der Waals surface area contributed by atoms with Crippen LogP contribution in [0.4, 0.5) is 0 Å². The van der Waals surface area contributed by atoms with Gasteiger partial charge in [-0.25, -0.2) is 9.61 Å². The van der Waals surface area contributed by atoms with E-state index in [0.29, 0.717) is 30.5 Å². The molecule has 0 radical (unpaired) electrons. The molecule has 0 fully saturated rings. The first-order valence-electron chi connectivity index (χ1n) is 6.90. The first-order chi connectivity index (χ1) is 10.7. The number of imidazole rings is 1. The van der Waals surface area contributed by atoms with Crippen molar-refractivity contribution in [3.05, 3.63) is 41.5 Å². The largest absolute Gasteiger partial charge is 0.480 e. The number of aromatic amines is 1. The van der Waals surface area contributed by atoms with Crippen LogP contribution in [0.2, 0.25) is 0 Å². The SMILES string of the molecule is O=C(O)[C@@H]1Cc2nc[nH]c2CN1Cc1cccc2nonc12. The van der Waals surface area contributed by atoms with E-state index < -0.39 is 12.0 Å². The topological polar surface area (TPSA) is 108 Å². The molecular formula is C14H13N5O3. The van der Waals surface area contributed by atoms with Gasteiger partial charge in [0.1, 0.15) is 17.1 Å². The maximum atomic E-state index is 11.6. The lowest BCUT2D eigenvalue weighted by Gasteiger charge is -2.32. The van der Waals surface area contributed by atoms with Crippen LogP contribution in [0.3, 0.4) is 0 Å². The third kappa shape index (κ3) is 2.04. The van der Waals surface area contributed by atoms with Crippen molar-refractivity contribution in [2.75, 3.05) is 0 Å². The van der Waals surface area contributed by atoms with Gasteiger partial charge in [-0.15, -0.1) is 0 Å². The Morgan fingerprint density at radius 3 is 3.23 bits per heavy atom. The summed E-state index contributed by atoms with van der Waals surface area (Å²) in [4.78, 5) is 20.7. The summed E-state index contributed by atoms with van der Waals surface area (Å²) in [5.74, 6) is -0.848. The van der Waals surface area contributed by atoms with Crippen molar-refractivity contribution >= 4 is 17.0 Å². The van der Waals surface area contributed by atoms with Crippen molar-refractivity contribution in [3.8, 4) is 0 Å². The molecule has 22 heavy (non-hydrogen) atoms. The zero-order chi connectivity index (χ0) is 15.1. The highest BCUT2D eigenvalue weighted by Crippen LogP contribution is 2.25. The zero-order valence-electron chi connectivity index (χ0n) is 11.6. The van der Waals surface area contributed by atoms with Gasteiger partial charge >= 0.3 is 5.97 Å². The minimum Gasteiger partial charge on any atom is -0.480 e. The standard InChI is InChI=1S/C14H13N5O3/c20-14(21)12-4-10-11(16-7-15-10)6-19(12)5-8-2-1-3-9-13(8)18-22-17-9/h1-3,7,12H,4-6H2,(H,15,16)(H,20,21)/t12-/m0/s1. The van der Waals surface area contributed by atoms with Gasteiger partial charge in [0.15, 0.2) is 0 Å². The smallest absolute Gasteiger partial charge is 0.321 e. The van der Waals surface area contributed by atoms with Crippen molar-refractivity contribution in [3.63, 3.8) is 0 Å². The third-order valence-corrected chi connectivity index (χ3v) is 4.02. The van der Waals surface area contributed by atoms with Gasteiger partial charge in [-0.3, -0.25) is 9.69 Å². The highest BCUT2D eigenvalue weighted by Gasteiger charge is 2.33. The number of carbonyl (C=O) groups is 1. The van der Waals surface area contributed by atoms with Gasteiger partial charge in [-0.05, 0) is 21.9 Å². The molecule has 1 aliphatic rings. The van der Waals surface area contributed by atoms with E-state index in [-0.39, 0.29) is 0 Å². The summed E-state index contributed by atoms with van der Waals surface area (Å²) in [6.45, 7) is 0.967. The zero-order valence-corrected chi connectivity index (χ0v) is 11.6. The fourth-order valence-corrected chi connectivity index (χ4v) is 2.91. The summed E-state index contributed by atoms with van der Waals surface area (Å²) in [5, 5.41) is 17.2. The molecule has 1 aliphatic heterocycles. The molecule has 2 aromatic heterocycles. The van der Waals surface area contributed by atoms with E-state index in [1.807, 2.05) is 23.1 Å². The predicted octanol–water partition coefficient (Wildman–Crippen LogP) is 0.957. The van der Waals surface area contributed by atoms with Gasteiger partial charge in [0.25, 0.3) is 0 Å². The summed E-state index contributed by atoms with van der Waals surface area (Å²) in [5.41, 5.74) is 4.02. The Morgan fingerprint density at radius 1 is 1.45 bits per heavy atom. The molecule has 0 saturated carbocycles. The van der Waals surface area contributed by atoms with Crippen LogP contribution < -0.4 is 0 Å². The maximum Gasteiger partial charge on any atom is 0.321 e. The molecule has 0 amide bonds. The van der Waals surface area contributed by atoms with Gasteiger partial charge in [-0.2, -0.15) is 0 Å². The second-order valence-electron chi connectivity index (χ2n) is 5.34. The Bertz CT molecular complexity index is 840. The quantitative estimate of drug-likeness (QED) is 0.741. The molecule has 0 aliphatic carbocycles. The van der Waals surface area contributed by atoms with Crippen LogP contribution in [0.1, 0.15) is 17.0 Å². The summed E-state index contributed by atoms with van der Waals surface area (Å²) < 4.78 is 4.76. The van der Waals surface area contributed by atoms with Gasteiger partial charge in [0.2, 0.25) is 0 Å². The minimum atomic E-state index is -0.848. The molecule has 0 bridgehead atoms. The highest BCUT2D eigenvalue weighted by molar-refractivity contribution is 5.77. The Kier molecular flexibility index (Phi) is 2.90. The molecule has 1 aromatic carbocycles. The Hall–Kier alpha value is -2.74. The Labute approximate surface area is 124 Å². The number of H-pyrrole nitrogens is 1. The van der Waals surface area contributed by atoms with Crippen molar-refractivity contribution < 1.29 is 14.5 Å². The summed E-state index contributed by atoms with van der Waals surface area (Å²) in [6, 6.07) is 4.98. The van der Waals surface area contributed by atoms with Crippen molar-refractivity contribution in [1.82, 2.24) is 25.2 Å². The fourth-order valence-electron chi connectivity index (χ4n) is 2.91. The Balaban J connectivity index is 1.68. The molecule has 0 saturated heterocycles. The van der Waals surface area contributed by atoms with E-state index in [0.717, 1.165) is 17.0 Å². The molecule has 1 atom stereocenters. The van der Waals surface area contributed by atoms with E-state index in [9.17, 15) is 9.90 Å². The summed E-state index contributed by atoms with van der Waals surface area (Å²) in [7, 11) is 0. The van der Waals surface area contributed by atoms with Crippen LogP contribution in [0.15, 0.2) is 29.2 Å². The molecule has 2 N–H and O–H groups in total. The minimum absolute atomic E-state index is 0.390. The maximum absolute atomic E-state index is 11.6. The van der Waals surface area contributed by atoms with Gasteiger partial charge in [-0.1, -0.05) is 12.1 Å². The van der Waals surface area contributed by atoms with Crippen molar-refractivity contribution in [2.24, 2.45) is 0 Å². The molecule has 3 aromatic rings. The third-order valence-electron chi connectivity index (χ3n) is 4.02. The molecule has 0 spiro atoms. The first kappa shape index (κ1) is 13.0. The fraction of sp³-hybridized carbons (Fsp3) is 0.286.